The second kappa shape index (κ2) is 5.79. The van der Waals surface area contributed by atoms with E-state index in [4.69, 9.17) is 4.74 Å². The number of nitrogens with one attached hydrogen (secondary N) is 1. The van der Waals surface area contributed by atoms with Crippen LogP contribution in [-0.2, 0) is 6.42 Å². The first-order chi connectivity index (χ1) is 10.9. The normalized spacial score (nSPS) is 17.4. The van der Waals surface area contributed by atoms with Crippen molar-refractivity contribution in [3.63, 3.8) is 0 Å². The molecule has 2 aromatic rings. The predicted octanol–water partition coefficient (Wildman–Crippen LogP) is 2.54. The standard InChI is InChI=1S/C18H19N3O/c1-2-7-19-16(3-1)15(12-18-20-8-9-21-18)13-4-5-17-14(11-13)6-10-22-17/h1-5,7,11,15H,6,8-10,12H2,(H,20,21). The quantitative estimate of drug-likeness (QED) is 0.942. The molecule has 0 radical (unpaired) electrons. The molecule has 0 fully saturated rings. The van der Waals surface area contributed by atoms with E-state index >= 15 is 0 Å². The van der Waals surface area contributed by atoms with Gasteiger partial charge in [-0.15, -0.1) is 0 Å². The molecule has 0 bridgehead atoms. The molecule has 4 heteroatoms. The lowest BCUT2D eigenvalue weighted by Gasteiger charge is -2.18. The Morgan fingerprint density at radius 1 is 1.23 bits per heavy atom. The number of rotatable bonds is 4. The number of pyridine rings is 1. The van der Waals surface area contributed by atoms with Gasteiger partial charge in [0.1, 0.15) is 5.75 Å². The van der Waals surface area contributed by atoms with Gasteiger partial charge in [-0.3, -0.25) is 9.98 Å². The highest BCUT2D eigenvalue weighted by Gasteiger charge is 2.22. The third kappa shape index (κ3) is 2.56. The van der Waals surface area contributed by atoms with E-state index in [1.54, 1.807) is 0 Å². The molecule has 4 rings (SSSR count). The van der Waals surface area contributed by atoms with Crippen molar-refractivity contribution in [3.05, 3.63) is 59.4 Å². The number of amidine groups is 1. The Labute approximate surface area is 130 Å². The smallest absolute Gasteiger partial charge is 0.122 e. The van der Waals surface area contributed by atoms with E-state index in [1.165, 1.54) is 11.1 Å². The molecule has 0 saturated heterocycles. The molecule has 3 heterocycles. The van der Waals surface area contributed by atoms with Crippen LogP contribution in [0.2, 0.25) is 0 Å². The van der Waals surface area contributed by atoms with E-state index in [1.807, 2.05) is 12.3 Å². The van der Waals surface area contributed by atoms with E-state index in [0.29, 0.717) is 0 Å². The first kappa shape index (κ1) is 13.3. The lowest BCUT2D eigenvalue weighted by Crippen LogP contribution is -2.21. The molecular formula is C18H19N3O. The average molecular weight is 293 g/mol. The van der Waals surface area contributed by atoms with Gasteiger partial charge in [0.25, 0.3) is 0 Å². The van der Waals surface area contributed by atoms with Crippen LogP contribution in [0, 0.1) is 0 Å². The minimum Gasteiger partial charge on any atom is -0.493 e. The fourth-order valence-electron chi connectivity index (χ4n) is 3.18. The minimum atomic E-state index is 0.233. The van der Waals surface area contributed by atoms with Gasteiger partial charge in [0, 0.05) is 37.2 Å². The number of ether oxygens (including phenoxy) is 1. The summed E-state index contributed by atoms with van der Waals surface area (Å²) in [6.07, 6.45) is 3.73. The maximum Gasteiger partial charge on any atom is 0.122 e. The summed E-state index contributed by atoms with van der Waals surface area (Å²) in [5.74, 6) is 2.35. The van der Waals surface area contributed by atoms with Crippen LogP contribution in [0.5, 0.6) is 5.75 Å². The van der Waals surface area contributed by atoms with E-state index in [-0.39, 0.29) is 5.92 Å². The Bertz CT molecular complexity index is 697. The van der Waals surface area contributed by atoms with Gasteiger partial charge in [-0.1, -0.05) is 18.2 Å². The molecule has 4 nitrogen and oxygen atoms in total. The zero-order valence-corrected chi connectivity index (χ0v) is 12.5. The molecule has 2 aliphatic rings. The number of benzene rings is 1. The van der Waals surface area contributed by atoms with Gasteiger partial charge in [-0.05, 0) is 29.3 Å². The van der Waals surface area contributed by atoms with E-state index in [2.05, 4.69) is 45.6 Å². The molecule has 1 unspecified atom stereocenters. The Hall–Kier alpha value is -2.36. The van der Waals surface area contributed by atoms with Crippen LogP contribution in [0.4, 0.5) is 0 Å². The summed E-state index contributed by atoms with van der Waals surface area (Å²) in [6.45, 7) is 2.62. The molecule has 1 aromatic heterocycles. The van der Waals surface area contributed by atoms with Crippen molar-refractivity contribution < 1.29 is 4.74 Å². The zero-order chi connectivity index (χ0) is 14.8. The lowest BCUT2D eigenvalue weighted by molar-refractivity contribution is 0.357. The Kier molecular flexibility index (Phi) is 3.51. The summed E-state index contributed by atoms with van der Waals surface area (Å²) in [6, 6.07) is 12.6. The van der Waals surface area contributed by atoms with Gasteiger partial charge in [0.2, 0.25) is 0 Å². The third-order valence-corrected chi connectivity index (χ3v) is 4.30. The number of aromatic nitrogens is 1. The summed E-state index contributed by atoms with van der Waals surface area (Å²) < 4.78 is 5.62. The molecule has 112 valence electrons. The number of aliphatic imine (C=N–C) groups is 1. The van der Waals surface area contributed by atoms with Crippen molar-refractivity contribution in [3.8, 4) is 5.75 Å². The van der Waals surface area contributed by atoms with Crippen molar-refractivity contribution >= 4 is 5.84 Å². The van der Waals surface area contributed by atoms with Crippen molar-refractivity contribution in [2.24, 2.45) is 4.99 Å². The highest BCUT2D eigenvalue weighted by atomic mass is 16.5. The fraction of sp³-hybridized carbons (Fsp3) is 0.333. The van der Waals surface area contributed by atoms with Gasteiger partial charge in [0.15, 0.2) is 0 Å². The molecular weight excluding hydrogens is 274 g/mol. The number of hydrogen-bond donors (Lipinski definition) is 1. The van der Waals surface area contributed by atoms with E-state index < -0.39 is 0 Å². The Balaban J connectivity index is 1.70. The summed E-state index contributed by atoms with van der Waals surface area (Å²) in [7, 11) is 0. The largest absolute Gasteiger partial charge is 0.493 e. The molecule has 0 amide bonds. The molecule has 22 heavy (non-hydrogen) atoms. The summed E-state index contributed by atoms with van der Waals surface area (Å²) in [5.41, 5.74) is 3.69. The van der Waals surface area contributed by atoms with Crippen LogP contribution >= 0.6 is 0 Å². The van der Waals surface area contributed by atoms with Crippen LogP contribution in [0.15, 0.2) is 47.6 Å². The molecule has 0 saturated carbocycles. The molecule has 0 aliphatic carbocycles. The topological polar surface area (TPSA) is 46.5 Å². The van der Waals surface area contributed by atoms with Gasteiger partial charge >= 0.3 is 0 Å². The van der Waals surface area contributed by atoms with Crippen LogP contribution in [0.1, 0.15) is 29.2 Å². The van der Waals surface area contributed by atoms with Crippen molar-refractivity contribution in [1.82, 2.24) is 10.3 Å². The van der Waals surface area contributed by atoms with Crippen molar-refractivity contribution in [2.75, 3.05) is 19.7 Å². The first-order valence-electron chi connectivity index (χ1n) is 7.84. The highest BCUT2D eigenvalue weighted by Crippen LogP contribution is 2.33. The number of hydrogen-bond acceptors (Lipinski definition) is 4. The average Bonchev–Trinajstić information content (AvgIpc) is 3.24. The minimum absolute atomic E-state index is 0.233. The fourth-order valence-corrected chi connectivity index (χ4v) is 3.18. The monoisotopic (exact) mass is 293 g/mol. The summed E-state index contributed by atoms with van der Waals surface area (Å²) in [5, 5.41) is 3.38. The highest BCUT2D eigenvalue weighted by molar-refractivity contribution is 5.84. The van der Waals surface area contributed by atoms with Crippen molar-refractivity contribution in [2.45, 2.75) is 18.8 Å². The van der Waals surface area contributed by atoms with Crippen LogP contribution in [0.3, 0.4) is 0 Å². The number of fused-ring (bicyclic) bond motifs is 1. The Morgan fingerprint density at radius 3 is 3.05 bits per heavy atom. The molecule has 0 spiro atoms. The Morgan fingerprint density at radius 2 is 2.23 bits per heavy atom. The zero-order valence-electron chi connectivity index (χ0n) is 12.5. The number of nitrogens with zero attached hydrogens (tertiary/aromatic N) is 2. The van der Waals surface area contributed by atoms with Crippen LogP contribution in [-0.4, -0.2) is 30.5 Å². The summed E-state index contributed by atoms with van der Waals surface area (Å²) in [4.78, 5) is 9.13. The molecule has 1 aromatic carbocycles. The lowest BCUT2D eigenvalue weighted by atomic mass is 9.90. The first-order valence-corrected chi connectivity index (χ1v) is 7.84. The van der Waals surface area contributed by atoms with Crippen LogP contribution < -0.4 is 10.1 Å². The molecule has 1 atom stereocenters. The maximum atomic E-state index is 5.62. The molecule has 1 N–H and O–H groups in total. The third-order valence-electron chi connectivity index (χ3n) is 4.30. The predicted molar refractivity (Wildman–Crippen MR) is 86.6 cm³/mol. The van der Waals surface area contributed by atoms with Gasteiger partial charge in [-0.25, -0.2) is 0 Å². The second-order valence-corrected chi connectivity index (χ2v) is 5.73. The summed E-state index contributed by atoms with van der Waals surface area (Å²) >= 11 is 0. The van der Waals surface area contributed by atoms with Crippen molar-refractivity contribution in [1.29, 1.82) is 0 Å². The second-order valence-electron chi connectivity index (χ2n) is 5.73. The SMILES string of the molecule is c1ccc(C(CC2=NCCN2)c2ccc3c(c2)CCO3)nc1. The maximum absolute atomic E-state index is 5.62. The van der Waals surface area contributed by atoms with E-state index in [0.717, 1.165) is 49.8 Å². The van der Waals surface area contributed by atoms with Gasteiger partial charge < -0.3 is 10.1 Å². The van der Waals surface area contributed by atoms with Gasteiger partial charge in [0.05, 0.1) is 19.0 Å². The van der Waals surface area contributed by atoms with Gasteiger partial charge in [-0.2, -0.15) is 0 Å². The van der Waals surface area contributed by atoms with Crippen LogP contribution in [0.25, 0.3) is 0 Å². The molecule has 2 aliphatic heterocycles. The van der Waals surface area contributed by atoms with E-state index in [9.17, 15) is 0 Å².